The fourth-order valence-corrected chi connectivity index (χ4v) is 17.0. The van der Waals surface area contributed by atoms with Crippen LogP contribution in [0.25, 0.3) is 0 Å². The summed E-state index contributed by atoms with van der Waals surface area (Å²) in [4.78, 5) is 0. The average molecular weight is 323 g/mol. The molecule has 1 aliphatic heterocycles. The van der Waals surface area contributed by atoms with E-state index in [1.54, 1.807) is 0 Å². The molecule has 0 bridgehead atoms. The van der Waals surface area contributed by atoms with Crippen molar-refractivity contribution in [2.75, 3.05) is 0 Å². The van der Waals surface area contributed by atoms with E-state index in [9.17, 15) is 0 Å². The maximum absolute atomic E-state index is 6.20. The predicted molar refractivity (Wildman–Crippen MR) is 83.9 cm³/mol. The molecule has 1 fully saturated rings. The second-order valence-corrected chi connectivity index (χ2v) is 15.1. The quantitative estimate of drug-likeness (QED) is 0.441. The minimum Gasteiger partial charge on any atom is -0.420 e. The van der Waals surface area contributed by atoms with Gasteiger partial charge in [0.2, 0.25) is 0 Å². The van der Waals surface area contributed by atoms with Crippen LogP contribution in [0.4, 0.5) is 0 Å². The van der Waals surface area contributed by atoms with E-state index in [2.05, 4.69) is 32.8 Å². The van der Waals surface area contributed by atoms with Crippen molar-refractivity contribution in [3.05, 3.63) is 12.7 Å². The molecular formula is C10H26O4Si4. The van der Waals surface area contributed by atoms with Gasteiger partial charge in [-0.2, -0.15) is 0 Å². The molecule has 1 aliphatic rings. The molecule has 0 aliphatic carbocycles. The van der Waals surface area contributed by atoms with E-state index in [0.29, 0.717) is 0 Å². The van der Waals surface area contributed by atoms with Gasteiger partial charge in [0.25, 0.3) is 27.9 Å². The van der Waals surface area contributed by atoms with Gasteiger partial charge in [-0.3, -0.25) is 0 Å². The van der Waals surface area contributed by atoms with Crippen LogP contribution in [0, 0.1) is 0 Å². The summed E-state index contributed by atoms with van der Waals surface area (Å²) in [5.74, 6) is 0. The monoisotopic (exact) mass is 322 g/mol. The molecule has 0 aromatic heterocycles. The SMILES string of the molecule is C=CCCCC[Si]1(C)O[SiH](C)O[SiH](C)O[SiH](C)O1. The Kier molecular flexibility index (Phi) is 7.24. The minimum atomic E-state index is -2.06. The summed E-state index contributed by atoms with van der Waals surface area (Å²) in [7, 11) is -6.69. The molecule has 1 saturated heterocycles. The molecule has 106 valence electrons. The number of hydrogen-bond donors (Lipinski definition) is 0. The fraction of sp³-hybridized carbons (Fsp3) is 0.800. The molecule has 1 rings (SSSR count). The van der Waals surface area contributed by atoms with Crippen LogP contribution < -0.4 is 0 Å². The van der Waals surface area contributed by atoms with E-state index in [4.69, 9.17) is 16.5 Å². The van der Waals surface area contributed by atoms with Gasteiger partial charge in [-0.05, 0) is 45.1 Å². The fourth-order valence-electron chi connectivity index (χ4n) is 2.21. The molecule has 0 saturated carbocycles. The summed E-state index contributed by atoms with van der Waals surface area (Å²) >= 11 is 0. The second-order valence-electron chi connectivity index (χ2n) is 4.88. The van der Waals surface area contributed by atoms with Crippen LogP contribution in [0.5, 0.6) is 0 Å². The Morgan fingerprint density at radius 1 is 1.00 bits per heavy atom. The molecule has 2 unspecified atom stereocenters. The zero-order chi connectivity index (χ0) is 13.6. The Hall–Kier alpha value is 0.448. The number of allylic oxidation sites excluding steroid dienone is 1. The first kappa shape index (κ1) is 16.5. The standard InChI is InChI=1S/C10H26O4Si4/c1-6-7-8-9-10-18(5)13-16(3)11-15(2)12-17(4)14-18/h6,15-17H,1,7-10H2,2-5H3. The minimum absolute atomic E-state index is 1.04. The molecule has 0 spiro atoms. The zero-order valence-corrected chi connectivity index (χ0v) is 16.4. The maximum atomic E-state index is 6.20. The van der Waals surface area contributed by atoms with Crippen molar-refractivity contribution in [3.63, 3.8) is 0 Å². The molecular weight excluding hydrogens is 296 g/mol. The van der Waals surface area contributed by atoms with E-state index in [0.717, 1.165) is 25.3 Å². The number of unbranched alkanes of at least 4 members (excludes halogenated alkanes) is 2. The highest BCUT2D eigenvalue weighted by atomic mass is 28.5. The van der Waals surface area contributed by atoms with E-state index in [-0.39, 0.29) is 0 Å². The van der Waals surface area contributed by atoms with Crippen LogP contribution in [0.1, 0.15) is 19.3 Å². The van der Waals surface area contributed by atoms with Gasteiger partial charge in [-0.1, -0.05) is 12.5 Å². The van der Waals surface area contributed by atoms with Crippen LogP contribution in [0.3, 0.4) is 0 Å². The lowest BCUT2D eigenvalue weighted by atomic mass is 10.2. The molecule has 0 aromatic carbocycles. The first-order chi connectivity index (χ1) is 8.45. The van der Waals surface area contributed by atoms with Gasteiger partial charge in [0.05, 0.1) is 0 Å². The van der Waals surface area contributed by atoms with Crippen molar-refractivity contribution in [2.45, 2.75) is 51.5 Å². The Morgan fingerprint density at radius 2 is 1.56 bits per heavy atom. The molecule has 0 radical (unpaired) electrons. The van der Waals surface area contributed by atoms with Crippen LogP contribution >= 0.6 is 0 Å². The molecule has 18 heavy (non-hydrogen) atoms. The van der Waals surface area contributed by atoms with Gasteiger partial charge in [0.1, 0.15) is 0 Å². The summed E-state index contributed by atoms with van der Waals surface area (Å²) in [6, 6.07) is 1.04. The summed E-state index contributed by atoms with van der Waals surface area (Å²) in [5.41, 5.74) is 0. The lowest BCUT2D eigenvalue weighted by molar-refractivity contribution is 0.273. The Morgan fingerprint density at radius 3 is 2.06 bits per heavy atom. The summed E-state index contributed by atoms with van der Waals surface area (Å²) < 4.78 is 24.2. The zero-order valence-electron chi connectivity index (χ0n) is 12.0. The molecule has 1 heterocycles. The molecule has 0 aromatic rings. The first-order valence-corrected chi connectivity index (χ1v) is 15.5. The third kappa shape index (κ3) is 6.06. The molecule has 8 heteroatoms. The van der Waals surface area contributed by atoms with Crippen molar-refractivity contribution >= 4 is 36.4 Å². The Balaban J connectivity index is 2.51. The van der Waals surface area contributed by atoms with E-state index >= 15 is 0 Å². The summed E-state index contributed by atoms with van der Waals surface area (Å²) in [5, 5.41) is 0. The van der Waals surface area contributed by atoms with Gasteiger partial charge in [0.15, 0.2) is 0 Å². The van der Waals surface area contributed by atoms with Crippen molar-refractivity contribution in [3.8, 4) is 0 Å². The third-order valence-corrected chi connectivity index (χ3v) is 16.9. The Bertz CT molecular complexity index is 252. The molecule has 4 nitrogen and oxygen atoms in total. The van der Waals surface area contributed by atoms with Gasteiger partial charge in [0, 0.05) is 0 Å². The predicted octanol–water partition coefficient (Wildman–Crippen LogP) is 2.05. The molecule has 0 N–H and O–H groups in total. The van der Waals surface area contributed by atoms with Crippen LogP contribution in [0.15, 0.2) is 12.7 Å². The largest absolute Gasteiger partial charge is 0.420 e. The van der Waals surface area contributed by atoms with Crippen molar-refractivity contribution < 1.29 is 16.5 Å². The van der Waals surface area contributed by atoms with Crippen molar-refractivity contribution in [1.29, 1.82) is 0 Å². The van der Waals surface area contributed by atoms with Gasteiger partial charge >= 0.3 is 8.56 Å². The van der Waals surface area contributed by atoms with E-state index in [1.165, 1.54) is 0 Å². The Labute approximate surface area is 117 Å². The molecule has 0 amide bonds. The smallest absolute Gasteiger partial charge is 0.316 e. The van der Waals surface area contributed by atoms with Crippen molar-refractivity contribution in [1.82, 2.24) is 0 Å². The van der Waals surface area contributed by atoms with Crippen molar-refractivity contribution in [2.24, 2.45) is 0 Å². The third-order valence-electron chi connectivity index (χ3n) is 2.89. The normalized spacial score (nSPS) is 37.9. The highest BCUT2D eigenvalue weighted by Crippen LogP contribution is 2.22. The lowest BCUT2D eigenvalue weighted by Gasteiger charge is -2.37. The maximum Gasteiger partial charge on any atom is 0.316 e. The first-order valence-electron chi connectivity index (χ1n) is 6.72. The highest BCUT2D eigenvalue weighted by Gasteiger charge is 2.38. The number of rotatable bonds is 5. The van der Waals surface area contributed by atoms with Crippen LogP contribution in [0.2, 0.25) is 32.2 Å². The number of hydrogen-bond acceptors (Lipinski definition) is 4. The van der Waals surface area contributed by atoms with Crippen LogP contribution in [-0.2, 0) is 16.5 Å². The second kappa shape index (κ2) is 7.90. The topological polar surface area (TPSA) is 36.9 Å². The van der Waals surface area contributed by atoms with Gasteiger partial charge in [-0.25, -0.2) is 0 Å². The highest BCUT2D eigenvalue weighted by molar-refractivity contribution is 6.81. The summed E-state index contributed by atoms with van der Waals surface area (Å²) in [6.45, 7) is 12.1. The molecule has 2 atom stereocenters. The van der Waals surface area contributed by atoms with E-state index in [1.807, 2.05) is 6.08 Å². The summed E-state index contributed by atoms with van der Waals surface area (Å²) in [6.07, 6.45) is 5.35. The van der Waals surface area contributed by atoms with Crippen LogP contribution in [-0.4, -0.2) is 36.4 Å². The van der Waals surface area contributed by atoms with E-state index < -0.39 is 36.4 Å². The lowest BCUT2D eigenvalue weighted by Crippen LogP contribution is -2.52. The van der Waals surface area contributed by atoms with Gasteiger partial charge in [-0.15, -0.1) is 6.58 Å². The van der Waals surface area contributed by atoms with Gasteiger partial charge < -0.3 is 16.5 Å². The average Bonchev–Trinajstić information content (AvgIpc) is 2.21.